The Kier molecular flexibility index (Phi) is 5.13. The van der Waals surface area contributed by atoms with Crippen molar-refractivity contribution < 1.29 is 0 Å². The van der Waals surface area contributed by atoms with E-state index in [1.165, 1.54) is 64.7 Å². The number of hydrogen-bond donors (Lipinski definition) is 0. The summed E-state index contributed by atoms with van der Waals surface area (Å²) in [5.74, 6) is 0. The largest absolute Gasteiger partial charge is 0.334 e. The lowest BCUT2D eigenvalue weighted by atomic mass is 10.1. The van der Waals surface area contributed by atoms with Crippen LogP contribution in [0.1, 0.15) is 38.5 Å². The monoisotopic (exact) mass is 296 g/mol. The maximum absolute atomic E-state index is 5.70. The molecule has 0 aromatic heterocycles. The molecule has 0 aliphatic carbocycles. The Labute approximate surface area is 128 Å². The number of likely N-dealkylation sites (tertiary alicyclic amines) is 2. The molecule has 0 radical (unpaired) electrons. The summed E-state index contributed by atoms with van der Waals surface area (Å²) in [6.45, 7) is 9.35. The minimum Gasteiger partial charge on any atom is -0.334 e. The van der Waals surface area contributed by atoms with Gasteiger partial charge >= 0.3 is 0 Å². The van der Waals surface area contributed by atoms with E-state index in [-0.39, 0.29) is 0 Å². The smallest absolute Gasteiger partial charge is 0.173 e. The molecule has 3 fully saturated rings. The summed E-state index contributed by atoms with van der Waals surface area (Å²) in [6.07, 6.45) is 8.25. The molecule has 0 spiro atoms. The molecule has 0 aromatic carbocycles. The van der Waals surface area contributed by atoms with Crippen molar-refractivity contribution in [1.82, 2.24) is 19.6 Å². The molecule has 3 saturated heterocycles. The average molecular weight is 296 g/mol. The van der Waals surface area contributed by atoms with E-state index in [0.29, 0.717) is 0 Å². The Hall–Kier alpha value is -0.390. The van der Waals surface area contributed by atoms with Gasteiger partial charge in [0.1, 0.15) is 0 Å². The molecule has 0 saturated carbocycles. The SMILES string of the molecule is S=C1N(CN2CCCCC2)CCN1CN1CCCCC1. The number of thiocarbonyl (C=S) groups is 1. The van der Waals surface area contributed by atoms with E-state index < -0.39 is 0 Å². The molecular weight excluding hydrogens is 268 g/mol. The number of rotatable bonds is 4. The third-order valence-corrected chi connectivity index (χ3v) is 5.34. The Bertz CT molecular complexity index is 294. The summed E-state index contributed by atoms with van der Waals surface area (Å²) in [4.78, 5) is 9.95. The van der Waals surface area contributed by atoms with Crippen molar-refractivity contribution in [3.05, 3.63) is 0 Å². The highest BCUT2D eigenvalue weighted by molar-refractivity contribution is 7.80. The Balaban J connectivity index is 1.46. The van der Waals surface area contributed by atoms with Crippen LogP contribution in [0.2, 0.25) is 0 Å². The second kappa shape index (κ2) is 7.05. The molecule has 0 bridgehead atoms. The first kappa shape index (κ1) is 14.5. The molecule has 114 valence electrons. The Morgan fingerprint density at radius 1 is 0.600 bits per heavy atom. The van der Waals surface area contributed by atoms with E-state index >= 15 is 0 Å². The highest BCUT2D eigenvalue weighted by atomic mass is 32.1. The van der Waals surface area contributed by atoms with Crippen molar-refractivity contribution in [1.29, 1.82) is 0 Å². The van der Waals surface area contributed by atoms with E-state index in [4.69, 9.17) is 12.2 Å². The van der Waals surface area contributed by atoms with Gasteiger partial charge in [-0.1, -0.05) is 12.8 Å². The van der Waals surface area contributed by atoms with Crippen molar-refractivity contribution in [2.75, 3.05) is 52.6 Å². The van der Waals surface area contributed by atoms with E-state index in [9.17, 15) is 0 Å². The molecule has 0 N–H and O–H groups in total. The van der Waals surface area contributed by atoms with E-state index in [2.05, 4.69) is 19.6 Å². The second-order valence-electron chi connectivity index (χ2n) is 6.45. The Morgan fingerprint density at radius 3 is 1.40 bits per heavy atom. The number of piperidine rings is 2. The third-order valence-electron chi connectivity index (χ3n) is 4.82. The van der Waals surface area contributed by atoms with Gasteiger partial charge in [-0.3, -0.25) is 9.80 Å². The van der Waals surface area contributed by atoms with Crippen LogP contribution in [0.4, 0.5) is 0 Å². The number of nitrogens with zero attached hydrogens (tertiary/aromatic N) is 4. The molecule has 3 aliphatic heterocycles. The van der Waals surface area contributed by atoms with Crippen LogP contribution in [0.25, 0.3) is 0 Å². The van der Waals surface area contributed by atoms with Crippen LogP contribution in [0.3, 0.4) is 0 Å². The fraction of sp³-hybridized carbons (Fsp3) is 0.933. The van der Waals surface area contributed by atoms with Gasteiger partial charge in [0, 0.05) is 13.1 Å². The summed E-state index contributed by atoms with van der Waals surface area (Å²) in [5.41, 5.74) is 0. The van der Waals surface area contributed by atoms with Crippen molar-refractivity contribution in [2.45, 2.75) is 38.5 Å². The summed E-state index contributed by atoms with van der Waals surface area (Å²) in [7, 11) is 0. The zero-order valence-electron chi connectivity index (χ0n) is 12.6. The first-order chi connectivity index (χ1) is 9.83. The van der Waals surface area contributed by atoms with Gasteiger partial charge in [-0.25, -0.2) is 0 Å². The average Bonchev–Trinajstić information content (AvgIpc) is 2.83. The predicted octanol–water partition coefficient (Wildman–Crippen LogP) is 1.78. The molecule has 0 aromatic rings. The molecule has 5 heteroatoms. The van der Waals surface area contributed by atoms with Crippen molar-refractivity contribution in [3.63, 3.8) is 0 Å². The fourth-order valence-electron chi connectivity index (χ4n) is 3.58. The molecule has 3 aliphatic rings. The normalized spacial score (nSPS) is 26.5. The van der Waals surface area contributed by atoms with Gasteiger partial charge in [-0.05, 0) is 64.1 Å². The first-order valence-corrected chi connectivity index (χ1v) is 8.72. The highest BCUT2D eigenvalue weighted by Crippen LogP contribution is 2.16. The lowest BCUT2D eigenvalue weighted by Crippen LogP contribution is -2.45. The van der Waals surface area contributed by atoms with Gasteiger partial charge < -0.3 is 9.80 Å². The molecule has 0 unspecified atom stereocenters. The van der Waals surface area contributed by atoms with Crippen molar-refractivity contribution in [2.24, 2.45) is 0 Å². The standard InChI is InChI=1S/C15H28N4S/c20-15-18(13-16-7-3-1-4-8-16)11-12-19(15)14-17-9-5-2-6-10-17/h1-14H2. The summed E-state index contributed by atoms with van der Waals surface area (Å²) in [6, 6.07) is 0. The summed E-state index contributed by atoms with van der Waals surface area (Å²) < 4.78 is 0. The van der Waals surface area contributed by atoms with Crippen molar-refractivity contribution >= 4 is 17.3 Å². The van der Waals surface area contributed by atoms with Gasteiger partial charge in [-0.2, -0.15) is 0 Å². The van der Waals surface area contributed by atoms with E-state index in [1.807, 2.05) is 0 Å². The van der Waals surface area contributed by atoms with Crippen LogP contribution in [-0.4, -0.2) is 77.3 Å². The minimum atomic E-state index is 1.05. The van der Waals surface area contributed by atoms with Gasteiger partial charge in [-0.15, -0.1) is 0 Å². The number of hydrogen-bond acceptors (Lipinski definition) is 3. The topological polar surface area (TPSA) is 13.0 Å². The molecule has 0 atom stereocenters. The second-order valence-corrected chi connectivity index (χ2v) is 6.81. The van der Waals surface area contributed by atoms with Crippen LogP contribution in [0.5, 0.6) is 0 Å². The lowest BCUT2D eigenvalue weighted by molar-refractivity contribution is 0.162. The zero-order chi connectivity index (χ0) is 13.8. The van der Waals surface area contributed by atoms with Crippen LogP contribution in [-0.2, 0) is 0 Å². The molecule has 4 nitrogen and oxygen atoms in total. The molecular formula is C15H28N4S. The van der Waals surface area contributed by atoms with Gasteiger partial charge in [0.05, 0.1) is 13.3 Å². The maximum Gasteiger partial charge on any atom is 0.173 e. The minimum absolute atomic E-state index is 1.05. The molecule has 0 amide bonds. The lowest BCUT2D eigenvalue weighted by Gasteiger charge is -2.34. The van der Waals surface area contributed by atoms with E-state index in [0.717, 1.165) is 31.5 Å². The van der Waals surface area contributed by atoms with Crippen LogP contribution >= 0.6 is 12.2 Å². The van der Waals surface area contributed by atoms with Crippen LogP contribution < -0.4 is 0 Å². The van der Waals surface area contributed by atoms with E-state index in [1.54, 1.807) is 0 Å². The quantitative estimate of drug-likeness (QED) is 0.731. The fourth-order valence-corrected chi connectivity index (χ4v) is 3.88. The maximum atomic E-state index is 5.70. The predicted molar refractivity (Wildman–Crippen MR) is 86.6 cm³/mol. The van der Waals surface area contributed by atoms with Crippen LogP contribution in [0, 0.1) is 0 Å². The first-order valence-electron chi connectivity index (χ1n) is 8.31. The molecule has 3 rings (SSSR count). The summed E-state index contributed by atoms with van der Waals surface area (Å²) in [5, 5.41) is 1.08. The third kappa shape index (κ3) is 3.62. The molecule has 3 heterocycles. The Morgan fingerprint density at radius 2 is 1.00 bits per heavy atom. The van der Waals surface area contributed by atoms with Gasteiger partial charge in [0.2, 0.25) is 0 Å². The van der Waals surface area contributed by atoms with Crippen molar-refractivity contribution in [3.8, 4) is 0 Å². The zero-order valence-corrected chi connectivity index (χ0v) is 13.4. The highest BCUT2D eigenvalue weighted by Gasteiger charge is 2.28. The van der Waals surface area contributed by atoms with Crippen LogP contribution in [0.15, 0.2) is 0 Å². The molecule has 20 heavy (non-hydrogen) atoms. The van der Waals surface area contributed by atoms with Gasteiger partial charge in [0.25, 0.3) is 0 Å². The van der Waals surface area contributed by atoms with Gasteiger partial charge in [0.15, 0.2) is 5.11 Å². The summed E-state index contributed by atoms with van der Waals surface area (Å²) >= 11 is 5.70.